The lowest BCUT2D eigenvalue weighted by molar-refractivity contribution is -0.121. The van der Waals surface area contributed by atoms with Gasteiger partial charge in [0.05, 0.1) is 0 Å². The van der Waals surface area contributed by atoms with Crippen LogP contribution in [0.4, 0.5) is 0 Å². The summed E-state index contributed by atoms with van der Waals surface area (Å²) >= 11 is 0. The summed E-state index contributed by atoms with van der Waals surface area (Å²) in [4.78, 5) is 11.2. The Labute approximate surface area is 87.2 Å². The molecule has 0 aromatic rings. The summed E-state index contributed by atoms with van der Waals surface area (Å²) in [5, 5.41) is 0. The van der Waals surface area contributed by atoms with Crippen molar-refractivity contribution in [2.45, 2.75) is 40.0 Å². The molecule has 0 saturated carbocycles. The van der Waals surface area contributed by atoms with Crippen molar-refractivity contribution in [2.75, 3.05) is 0 Å². The highest BCUT2D eigenvalue weighted by Gasteiger charge is 2.02. The number of carbonyl (C=O) groups excluding carboxylic acids is 1. The second-order valence-electron chi connectivity index (χ2n) is 3.55. The van der Waals surface area contributed by atoms with Gasteiger partial charge in [-0.2, -0.15) is 0 Å². The monoisotopic (exact) mass is 192 g/mol. The van der Waals surface area contributed by atoms with E-state index in [1.165, 1.54) is 0 Å². The average molecular weight is 192 g/mol. The Morgan fingerprint density at radius 2 is 2.00 bits per heavy atom. The van der Waals surface area contributed by atoms with E-state index in [-0.39, 0.29) is 11.7 Å². The fourth-order valence-corrected chi connectivity index (χ4v) is 0.908. The Kier molecular flexibility index (Phi) is 7.87. The van der Waals surface area contributed by atoms with Gasteiger partial charge >= 0.3 is 0 Å². The molecule has 14 heavy (non-hydrogen) atoms. The molecule has 0 spiro atoms. The predicted molar refractivity (Wildman–Crippen MR) is 61.2 cm³/mol. The van der Waals surface area contributed by atoms with Crippen LogP contribution in [-0.2, 0) is 4.79 Å². The molecular formula is C13H20O. The summed E-state index contributed by atoms with van der Waals surface area (Å²) in [6.07, 6.45) is 10.5. The van der Waals surface area contributed by atoms with E-state index in [9.17, 15) is 4.79 Å². The summed E-state index contributed by atoms with van der Waals surface area (Å²) in [5.74, 6) is 0.412. The summed E-state index contributed by atoms with van der Waals surface area (Å²) in [7, 11) is 0. The van der Waals surface area contributed by atoms with Gasteiger partial charge in [-0.1, -0.05) is 26.0 Å². The zero-order valence-electron chi connectivity index (χ0n) is 9.42. The molecule has 0 aliphatic rings. The molecule has 0 bridgehead atoms. The highest BCUT2D eigenvalue weighted by molar-refractivity contribution is 5.81. The van der Waals surface area contributed by atoms with Gasteiger partial charge in [0.2, 0.25) is 0 Å². The lowest BCUT2D eigenvalue weighted by Gasteiger charge is -1.97. The smallest absolute Gasteiger partial charge is 0.139 e. The van der Waals surface area contributed by atoms with Crippen molar-refractivity contribution in [3.8, 4) is 0 Å². The predicted octanol–water partition coefficient (Wildman–Crippen LogP) is 3.67. The maximum Gasteiger partial charge on any atom is 0.139 e. The van der Waals surface area contributed by atoms with Crippen LogP contribution in [0.5, 0.6) is 0 Å². The lowest BCUT2D eigenvalue weighted by Crippen LogP contribution is -2.04. The van der Waals surface area contributed by atoms with Crippen LogP contribution in [0.3, 0.4) is 0 Å². The van der Waals surface area contributed by atoms with Crippen LogP contribution in [0.1, 0.15) is 40.0 Å². The van der Waals surface area contributed by atoms with E-state index in [0.717, 1.165) is 12.8 Å². The summed E-state index contributed by atoms with van der Waals surface area (Å²) in [6, 6.07) is 0. The number of unbranched alkanes of at least 4 members (excludes halogenated alkanes) is 1. The first-order chi connectivity index (χ1) is 6.68. The van der Waals surface area contributed by atoms with Crippen LogP contribution in [0.15, 0.2) is 30.0 Å². The van der Waals surface area contributed by atoms with Gasteiger partial charge in [0.15, 0.2) is 0 Å². The van der Waals surface area contributed by atoms with Crippen molar-refractivity contribution >= 4 is 5.78 Å². The van der Waals surface area contributed by atoms with Gasteiger partial charge < -0.3 is 0 Å². The number of hydrogen-bond donors (Lipinski definition) is 0. The molecule has 0 fully saturated rings. The number of rotatable bonds is 6. The number of ketones is 1. The van der Waals surface area contributed by atoms with E-state index in [1.54, 1.807) is 0 Å². The SMILES string of the molecule is CC=CCCC=C=CCC(=O)C(C)C. The van der Waals surface area contributed by atoms with Crippen LogP contribution in [0.2, 0.25) is 0 Å². The van der Waals surface area contributed by atoms with Crippen molar-refractivity contribution in [1.29, 1.82) is 0 Å². The molecule has 0 radical (unpaired) electrons. The molecule has 0 N–H and O–H groups in total. The molecule has 78 valence electrons. The molecule has 1 nitrogen and oxygen atoms in total. The zero-order chi connectivity index (χ0) is 10.8. The van der Waals surface area contributed by atoms with E-state index in [4.69, 9.17) is 0 Å². The normalized spacial score (nSPS) is 10.3. The van der Waals surface area contributed by atoms with E-state index in [0.29, 0.717) is 6.42 Å². The number of Topliss-reactive ketones (excluding diaryl/α,β-unsaturated/α-hetero) is 1. The first kappa shape index (κ1) is 12.9. The van der Waals surface area contributed by atoms with Crippen LogP contribution >= 0.6 is 0 Å². The second kappa shape index (κ2) is 8.52. The third kappa shape index (κ3) is 7.57. The minimum atomic E-state index is 0.135. The molecule has 0 aromatic heterocycles. The molecule has 0 aromatic carbocycles. The second-order valence-corrected chi connectivity index (χ2v) is 3.55. The molecule has 0 atom stereocenters. The molecule has 1 heteroatoms. The minimum Gasteiger partial charge on any atom is -0.299 e. The molecule has 0 saturated heterocycles. The number of allylic oxidation sites excluding steroid dienone is 3. The highest BCUT2D eigenvalue weighted by atomic mass is 16.1. The molecule has 0 rings (SSSR count). The van der Waals surface area contributed by atoms with Crippen molar-refractivity contribution in [3.05, 3.63) is 30.0 Å². The fourth-order valence-electron chi connectivity index (χ4n) is 0.908. The first-order valence-electron chi connectivity index (χ1n) is 5.21. The third-order valence-electron chi connectivity index (χ3n) is 1.90. The molecule has 0 heterocycles. The van der Waals surface area contributed by atoms with E-state index in [2.05, 4.69) is 11.8 Å². The molecule has 0 unspecified atom stereocenters. The van der Waals surface area contributed by atoms with Crippen LogP contribution < -0.4 is 0 Å². The maximum absolute atomic E-state index is 11.2. The van der Waals surface area contributed by atoms with Crippen LogP contribution in [0, 0.1) is 5.92 Å². The standard InChI is InChI=1S/C13H20O/c1-4-5-6-7-8-9-10-11-13(14)12(2)3/h4-5,8,10,12H,6-7,11H2,1-3H3. The third-order valence-corrected chi connectivity index (χ3v) is 1.90. The Morgan fingerprint density at radius 3 is 2.57 bits per heavy atom. The van der Waals surface area contributed by atoms with Gasteiger partial charge in [-0.05, 0) is 31.9 Å². The molecule has 0 amide bonds. The summed E-state index contributed by atoms with van der Waals surface area (Å²) < 4.78 is 0. The van der Waals surface area contributed by atoms with Crippen LogP contribution in [-0.4, -0.2) is 5.78 Å². The molecule has 0 aliphatic heterocycles. The van der Waals surface area contributed by atoms with Gasteiger partial charge in [0, 0.05) is 12.3 Å². The number of hydrogen-bond acceptors (Lipinski definition) is 1. The molecule has 0 aliphatic carbocycles. The van der Waals surface area contributed by atoms with Gasteiger partial charge in [0.1, 0.15) is 5.78 Å². The van der Waals surface area contributed by atoms with Crippen molar-refractivity contribution < 1.29 is 4.79 Å². The van der Waals surface area contributed by atoms with Crippen molar-refractivity contribution in [2.24, 2.45) is 5.92 Å². The topological polar surface area (TPSA) is 17.1 Å². The van der Waals surface area contributed by atoms with E-state index in [1.807, 2.05) is 39.0 Å². The lowest BCUT2D eigenvalue weighted by atomic mass is 10.1. The quantitative estimate of drug-likeness (QED) is 0.356. The Morgan fingerprint density at radius 1 is 1.29 bits per heavy atom. The summed E-state index contributed by atoms with van der Waals surface area (Å²) in [6.45, 7) is 5.86. The van der Waals surface area contributed by atoms with E-state index >= 15 is 0 Å². The van der Waals surface area contributed by atoms with Gasteiger partial charge in [-0.25, -0.2) is 0 Å². The fraction of sp³-hybridized carbons (Fsp3) is 0.538. The highest BCUT2D eigenvalue weighted by Crippen LogP contribution is 1.99. The first-order valence-corrected chi connectivity index (χ1v) is 5.21. The zero-order valence-corrected chi connectivity index (χ0v) is 9.42. The molecular weight excluding hydrogens is 172 g/mol. The largest absolute Gasteiger partial charge is 0.299 e. The van der Waals surface area contributed by atoms with Gasteiger partial charge in [-0.3, -0.25) is 4.79 Å². The Balaban J connectivity index is 3.66. The van der Waals surface area contributed by atoms with Gasteiger partial charge in [0.25, 0.3) is 0 Å². The van der Waals surface area contributed by atoms with Crippen LogP contribution in [0.25, 0.3) is 0 Å². The minimum absolute atomic E-state index is 0.135. The number of carbonyl (C=O) groups is 1. The van der Waals surface area contributed by atoms with E-state index < -0.39 is 0 Å². The van der Waals surface area contributed by atoms with Gasteiger partial charge in [-0.15, -0.1) is 5.73 Å². The Bertz CT molecular complexity index is 240. The average Bonchev–Trinajstić information content (AvgIpc) is 2.16. The van der Waals surface area contributed by atoms with Crippen molar-refractivity contribution in [3.63, 3.8) is 0 Å². The Hall–Kier alpha value is -1.07. The summed E-state index contributed by atoms with van der Waals surface area (Å²) in [5.41, 5.74) is 3.03. The van der Waals surface area contributed by atoms with Crippen molar-refractivity contribution in [1.82, 2.24) is 0 Å². The maximum atomic E-state index is 11.2.